The molecule has 0 aliphatic rings. The van der Waals surface area contributed by atoms with Gasteiger partial charge >= 0.3 is 0 Å². The average molecular weight is 346 g/mol. The zero-order chi connectivity index (χ0) is 18.5. The second-order valence-corrected chi connectivity index (χ2v) is 6.45. The standard InChI is InChI=1S/C21H22N4O/c1-15-9-11-16(12-10-15)19(25(2)3)14-23-21-18(13-22)24-20(26-21)17-7-5-4-6-8-17/h4-12,19,23H,14H2,1-3H3/t19-/m0/s1. The van der Waals surface area contributed by atoms with Gasteiger partial charge in [0.05, 0.1) is 6.04 Å². The molecule has 0 bridgehead atoms. The molecule has 0 aliphatic heterocycles. The van der Waals surface area contributed by atoms with E-state index >= 15 is 0 Å². The number of nitrogens with one attached hydrogen (secondary N) is 1. The van der Waals surface area contributed by atoms with Crippen LogP contribution in [0.5, 0.6) is 0 Å². The fourth-order valence-electron chi connectivity index (χ4n) is 2.80. The van der Waals surface area contributed by atoms with Gasteiger partial charge in [-0.05, 0) is 38.7 Å². The van der Waals surface area contributed by atoms with Crippen molar-refractivity contribution in [2.45, 2.75) is 13.0 Å². The highest BCUT2D eigenvalue weighted by Gasteiger charge is 2.18. The fraction of sp³-hybridized carbons (Fsp3) is 0.238. The summed E-state index contributed by atoms with van der Waals surface area (Å²) in [5.41, 5.74) is 3.55. The highest BCUT2D eigenvalue weighted by molar-refractivity contribution is 5.58. The summed E-state index contributed by atoms with van der Waals surface area (Å²) in [6.45, 7) is 2.68. The molecule has 0 spiro atoms. The average Bonchev–Trinajstić information content (AvgIpc) is 3.07. The van der Waals surface area contributed by atoms with Crippen molar-refractivity contribution < 1.29 is 4.42 Å². The lowest BCUT2D eigenvalue weighted by molar-refractivity contribution is 0.310. The van der Waals surface area contributed by atoms with Gasteiger partial charge in [0.1, 0.15) is 6.07 Å². The minimum atomic E-state index is 0.146. The van der Waals surface area contributed by atoms with Gasteiger partial charge < -0.3 is 14.6 Å². The Labute approximate surface area is 153 Å². The molecule has 5 nitrogen and oxygen atoms in total. The summed E-state index contributed by atoms with van der Waals surface area (Å²) in [5.74, 6) is 0.853. The number of aryl methyl sites for hydroxylation is 1. The van der Waals surface area contributed by atoms with Crippen LogP contribution in [0.25, 0.3) is 11.5 Å². The number of nitriles is 1. The summed E-state index contributed by atoms with van der Waals surface area (Å²) in [5, 5.41) is 12.6. The maximum atomic E-state index is 9.38. The van der Waals surface area contributed by atoms with Crippen LogP contribution in [0.15, 0.2) is 59.0 Å². The molecule has 0 fully saturated rings. The van der Waals surface area contributed by atoms with E-state index in [4.69, 9.17) is 4.42 Å². The third kappa shape index (κ3) is 3.93. The van der Waals surface area contributed by atoms with E-state index in [2.05, 4.69) is 52.5 Å². The lowest BCUT2D eigenvalue weighted by Crippen LogP contribution is -2.26. The number of aromatic nitrogens is 1. The molecule has 3 rings (SSSR count). The van der Waals surface area contributed by atoms with Crippen LogP contribution in [0.2, 0.25) is 0 Å². The largest absolute Gasteiger partial charge is 0.419 e. The van der Waals surface area contributed by atoms with Gasteiger partial charge in [-0.2, -0.15) is 10.2 Å². The van der Waals surface area contributed by atoms with Gasteiger partial charge in [0, 0.05) is 12.1 Å². The number of likely N-dealkylation sites (N-methyl/N-ethyl adjacent to an activating group) is 1. The maximum Gasteiger partial charge on any atom is 0.232 e. The van der Waals surface area contributed by atoms with Crippen LogP contribution < -0.4 is 5.32 Å². The van der Waals surface area contributed by atoms with Crippen molar-refractivity contribution >= 4 is 5.88 Å². The van der Waals surface area contributed by atoms with Crippen molar-refractivity contribution in [2.24, 2.45) is 0 Å². The molecular formula is C21H22N4O. The van der Waals surface area contributed by atoms with Crippen molar-refractivity contribution in [3.8, 4) is 17.5 Å². The Balaban J connectivity index is 1.80. The van der Waals surface area contributed by atoms with E-state index in [9.17, 15) is 5.26 Å². The third-order valence-electron chi connectivity index (χ3n) is 4.30. The molecule has 0 unspecified atom stereocenters. The Bertz CT molecular complexity index is 892. The van der Waals surface area contributed by atoms with Crippen LogP contribution in [0, 0.1) is 18.3 Å². The highest BCUT2D eigenvalue weighted by Crippen LogP contribution is 2.26. The Kier molecular flexibility index (Phi) is 5.35. The second kappa shape index (κ2) is 7.85. The van der Waals surface area contributed by atoms with E-state index in [0.29, 0.717) is 18.3 Å². The molecular weight excluding hydrogens is 324 g/mol. The van der Waals surface area contributed by atoms with E-state index in [1.165, 1.54) is 11.1 Å². The van der Waals surface area contributed by atoms with E-state index in [-0.39, 0.29) is 11.7 Å². The summed E-state index contributed by atoms with van der Waals surface area (Å²) in [6, 6.07) is 20.3. The minimum Gasteiger partial charge on any atom is -0.419 e. The highest BCUT2D eigenvalue weighted by atomic mass is 16.4. The van der Waals surface area contributed by atoms with Crippen LogP contribution in [0.4, 0.5) is 5.88 Å². The van der Waals surface area contributed by atoms with Gasteiger partial charge in [-0.3, -0.25) is 0 Å². The van der Waals surface area contributed by atoms with Crippen molar-refractivity contribution in [3.63, 3.8) is 0 Å². The SMILES string of the molecule is Cc1ccc([C@H](CNc2oc(-c3ccccc3)nc2C#N)N(C)C)cc1. The van der Waals surface area contributed by atoms with Gasteiger partial charge in [-0.15, -0.1) is 0 Å². The predicted molar refractivity (Wildman–Crippen MR) is 103 cm³/mol. The van der Waals surface area contributed by atoms with Crippen molar-refractivity contribution in [1.29, 1.82) is 5.26 Å². The van der Waals surface area contributed by atoms with Crippen LogP contribution in [-0.4, -0.2) is 30.5 Å². The smallest absolute Gasteiger partial charge is 0.232 e. The monoisotopic (exact) mass is 346 g/mol. The van der Waals surface area contributed by atoms with E-state index in [0.717, 1.165) is 5.56 Å². The van der Waals surface area contributed by atoms with Crippen molar-refractivity contribution in [1.82, 2.24) is 9.88 Å². The molecule has 132 valence electrons. The number of benzene rings is 2. The fourth-order valence-corrected chi connectivity index (χ4v) is 2.80. The molecule has 2 aromatic carbocycles. The van der Waals surface area contributed by atoms with Crippen LogP contribution in [-0.2, 0) is 0 Å². The molecule has 1 N–H and O–H groups in total. The number of nitrogens with zero attached hydrogens (tertiary/aromatic N) is 3. The molecule has 26 heavy (non-hydrogen) atoms. The Morgan fingerprint density at radius 1 is 1.12 bits per heavy atom. The first-order valence-electron chi connectivity index (χ1n) is 8.51. The summed E-state index contributed by atoms with van der Waals surface area (Å²) in [6.07, 6.45) is 0. The van der Waals surface area contributed by atoms with Gasteiger partial charge in [-0.1, -0.05) is 48.0 Å². The summed E-state index contributed by atoms with van der Waals surface area (Å²) >= 11 is 0. The molecule has 0 saturated carbocycles. The third-order valence-corrected chi connectivity index (χ3v) is 4.30. The summed E-state index contributed by atoms with van der Waals surface area (Å²) in [7, 11) is 4.07. The topological polar surface area (TPSA) is 65.1 Å². The molecule has 3 aromatic rings. The minimum absolute atomic E-state index is 0.146. The number of anilines is 1. The lowest BCUT2D eigenvalue weighted by Gasteiger charge is -2.25. The molecule has 0 radical (unpaired) electrons. The molecule has 0 saturated heterocycles. The first-order valence-corrected chi connectivity index (χ1v) is 8.51. The zero-order valence-corrected chi connectivity index (χ0v) is 15.2. The van der Waals surface area contributed by atoms with Crippen LogP contribution in [0.3, 0.4) is 0 Å². The molecule has 1 atom stereocenters. The Hall–Kier alpha value is -3.10. The van der Waals surface area contributed by atoms with Crippen molar-refractivity contribution in [2.75, 3.05) is 26.0 Å². The van der Waals surface area contributed by atoms with Gasteiger partial charge in [0.15, 0.2) is 0 Å². The van der Waals surface area contributed by atoms with E-state index in [1.807, 2.05) is 44.4 Å². The van der Waals surface area contributed by atoms with Crippen LogP contribution >= 0.6 is 0 Å². The number of hydrogen-bond acceptors (Lipinski definition) is 5. The number of oxazole rings is 1. The van der Waals surface area contributed by atoms with Crippen molar-refractivity contribution in [3.05, 3.63) is 71.4 Å². The Morgan fingerprint density at radius 3 is 2.42 bits per heavy atom. The second-order valence-electron chi connectivity index (χ2n) is 6.45. The van der Waals surface area contributed by atoms with Gasteiger partial charge in [-0.25, -0.2) is 0 Å². The molecule has 1 heterocycles. The van der Waals surface area contributed by atoms with Gasteiger partial charge in [0.25, 0.3) is 0 Å². The maximum absolute atomic E-state index is 9.38. The van der Waals surface area contributed by atoms with Gasteiger partial charge in [0.2, 0.25) is 17.5 Å². The van der Waals surface area contributed by atoms with E-state index < -0.39 is 0 Å². The molecule has 0 amide bonds. The molecule has 1 aromatic heterocycles. The van der Waals surface area contributed by atoms with E-state index in [1.54, 1.807) is 0 Å². The number of hydrogen-bond donors (Lipinski definition) is 1. The molecule has 0 aliphatic carbocycles. The Morgan fingerprint density at radius 2 is 1.81 bits per heavy atom. The van der Waals surface area contributed by atoms with Crippen LogP contribution in [0.1, 0.15) is 22.9 Å². The lowest BCUT2D eigenvalue weighted by atomic mass is 10.0. The normalized spacial score (nSPS) is 12.0. The summed E-state index contributed by atoms with van der Waals surface area (Å²) in [4.78, 5) is 6.44. The molecule has 5 heteroatoms. The predicted octanol–water partition coefficient (Wildman–Crippen LogP) is 4.24. The quantitative estimate of drug-likeness (QED) is 0.723. The number of rotatable bonds is 6. The summed E-state index contributed by atoms with van der Waals surface area (Å²) < 4.78 is 5.81. The first kappa shape index (κ1) is 17.7. The first-order chi connectivity index (χ1) is 12.6. The zero-order valence-electron chi connectivity index (χ0n) is 15.2.